The van der Waals surface area contributed by atoms with E-state index in [2.05, 4.69) is 0 Å². The quantitative estimate of drug-likeness (QED) is 0.757. The second-order valence-corrected chi connectivity index (χ2v) is 2.85. The van der Waals surface area contributed by atoms with E-state index in [1.807, 2.05) is 0 Å². The van der Waals surface area contributed by atoms with E-state index in [-0.39, 0.29) is 0 Å². The van der Waals surface area contributed by atoms with Crippen LogP contribution in [-0.4, -0.2) is 40.3 Å². The zero-order valence-corrected chi connectivity index (χ0v) is 7.23. The van der Waals surface area contributed by atoms with Gasteiger partial charge in [0.25, 0.3) is 0 Å². The van der Waals surface area contributed by atoms with E-state index in [1.54, 1.807) is 0 Å². The van der Waals surface area contributed by atoms with Crippen molar-refractivity contribution in [3.63, 3.8) is 0 Å². The minimum Gasteiger partial charge on any atom is -0.479 e. The maximum Gasteiger partial charge on any atom is 0.431 e. The number of hydrogen-bond acceptors (Lipinski definition) is 2. The molecule has 0 saturated carbocycles. The van der Waals surface area contributed by atoms with Crippen LogP contribution < -0.4 is 0 Å². The molecule has 0 rings (SSSR count). The van der Waals surface area contributed by atoms with E-state index in [0.29, 0.717) is 0 Å². The molecule has 0 aliphatic rings. The number of rotatable bonds is 3. The van der Waals surface area contributed by atoms with Gasteiger partial charge in [-0.1, -0.05) is 0 Å². The largest absolute Gasteiger partial charge is 0.479 e. The molecule has 0 aromatic rings. The smallest absolute Gasteiger partial charge is 0.431 e. The molecular weight excluding hydrogens is 253 g/mol. The summed E-state index contributed by atoms with van der Waals surface area (Å²) in [5.41, 5.74) is -5.75. The van der Waals surface area contributed by atoms with E-state index in [0.717, 1.165) is 0 Å². The molecule has 0 aromatic heterocycles. The Morgan fingerprint density at radius 1 is 1.00 bits per heavy atom. The van der Waals surface area contributed by atoms with Crippen LogP contribution in [0.1, 0.15) is 6.42 Å². The van der Waals surface area contributed by atoms with Crippen molar-refractivity contribution in [2.75, 3.05) is 0 Å². The minimum atomic E-state index is -6.36. The van der Waals surface area contributed by atoms with E-state index in [9.17, 15) is 35.5 Å². The second kappa shape index (κ2) is 4.07. The Bertz CT molecular complexity index is 254. The molecule has 0 amide bonds. The number of halogens is 7. The Balaban J connectivity index is 5.21. The number of aliphatic carboxylic acids is 1. The Morgan fingerprint density at radius 3 is 1.50 bits per heavy atom. The molecule has 0 saturated heterocycles. The molecule has 0 aliphatic carbocycles. The molecule has 0 heterocycles. The lowest BCUT2D eigenvalue weighted by Crippen LogP contribution is -2.55. The van der Waals surface area contributed by atoms with Crippen molar-refractivity contribution >= 4 is 5.97 Å². The monoisotopic (exact) mass is 258 g/mol. The summed E-state index contributed by atoms with van der Waals surface area (Å²) in [6.07, 6.45) is -18.5. The van der Waals surface area contributed by atoms with Gasteiger partial charge in [0.05, 0.1) is 0 Å². The van der Waals surface area contributed by atoms with Crippen molar-refractivity contribution in [3.05, 3.63) is 0 Å². The van der Waals surface area contributed by atoms with Crippen molar-refractivity contribution < 1.29 is 45.7 Å². The molecule has 2 N–H and O–H groups in total. The third kappa shape index (κ3) is 2.74. The molecule has 0 aromatic carbocycles. The fourth-order valence-electron chi connectivity index (χ4n) is 0.746. The summed E-state index contributed by atoms with van der Waals surface area (Å²) in [7, 11) is 0. The van der Waals surface area contributed by atoms with Crippen LogP contribution in [-0.2, 0) is 4.79 Å². The van der Waals surface area contributed by atoms with Gasteiger partial charge in [-0.15, -0.1) is 0 Å². The maximum atomic E-state index is 12.7. The molecule has 16 heavy (non-hydrogen) atoms. The molecular formula is C6H5F7O3. The minimum absolute atomic E-state index is 2.38. The van der Waals surface area contributed by atoms with Crippen LogP contribution in [0.15, 0.2) is 0 Å². The lowest BCUT2D eigenvalue weighted by molar-refractivity contribution is -0.346. The first-order valence-corrected chi connectivity index (χ1v) is 3.56. The second-order valence-electron chi connectivity index (χ2n) is 2.85. The molecule has 96 valence electrons. The predicted molar refractivity (Wildman–Crippen MR) is 34.2 cm³/mol. The Kier molecular flexibility index (Phi) is 3.80. The van der Waals surface area contributed by atoms with Gasteiger partial charge in [0.15, 0.2) is 6.10 Å². The summed E-state index contributed by atoms with van der Waals surface area (Å²) in [5.74, 6) is -2.38. The zero-order chi connectivity index (χ0) is 13.4. The van der Waals surface area contributed by atoms with Gasteiger partial charge in [-0.2, -0.15) is 26.3 Å². The van der Waals surface area contributed by atoms with Gasteiger partial charge in [0.1, 0.15) is 0 Å². The topological polar surface area (TPSA) is 57.5 Å². The van der Waals surface area contributed by atoms with E-state index >= 15 is 0 Å². The van der Waals surface area contributed by atoms with Crippen molar-refractivity contribution in [2.45, 2.75) is 30.5 Å². The van der Waals surface area contributed by atoms with E-state index in [1.165, 1.54) is 0 Å². The third-order valence-electron chi connectivity index (χ3n) is 1.66. The predicted octanol–water partition coefficient (Wildman–Crippen LogP) is 1.65. The highest BCUT2D eigenvalue weighted by Crippen LogP contribution is 2.48. The number of aliphatic hydroxyl groups is 1. The van der Waals surface area contributed by atoms with Crippen molar-refractivity contribution in [2.24, 2.45) is 0 Å². The van der Waals surface area contributed by atoms with Crippen LogP contribution in [0.2, 0.25) is 0 Å². The average molecular weight is 258 g/mol. The highest BCUT2D eigenvalue weighted by molar-refractivity contribution is 5.72. The van der Waals surface area contributed by atoms with Crippen LogP contribution >= 0.6 is 0 Å². The first-order valence-electron chi connectivity index (χ1n) is 3.56. The fourth-order valence-corrected chi connectivity index (χ4v) is 0.746. The summed E-state index contributed by atoms with van der Waals surface area (Å²) in [4.78, 5) is 9.88. The highest BCUT2D eigenvalue weighted by Gasteiger charge is 2.73. The molecule has 0 aliphatic heterocycles. The molecule has 0 spiro atoms. The number of carboxylic acids is 1. The van der Waals surface area contributed by atoms with Gasteiger partial charge in [-0.25, -0.2) is 9.18 Å². The number of alkyl halides is 7. The Hall–Kier alpha value is -1.06. The number of carboxylic acid groups (broad SMARTS) is 1. The number of carbonyl (C=O) groups is 1. The van der Waals surface area contributed by atoms with Crippen LogP contribution in [0.4, 0.5) is 30.7 Å². The lowest BCUT2D eigenvalue weighted by Gasteiger charge is -2.30. The number of hydrogen-bond donors (Lipinski definition) is 2. The highest BCUT2D eigenvalue weighted by atomic mass is 19.4. The van der Waals surface area contributed by atoms with Gasteiger partial charge in [0.2, 0.25) is 0 Å². The molecule has 10 heteroatoms. The van der Waals surface area contributed by atoms with Crippen LogP contribution in [0.3, 0.4) is 0 Å². The van der Waals surface area contributed by atoms with Crippen molar-refractivity contribution in [3.8, 4) is 0 Å². The lowest BCUT2D eigenvalue weighted by atomic mass is 9.96. The van der Waals surface area contributed by atoms with E-state index in [4.69, 9.17) is 10.2 Å². The third-order valence-corrected chi connectivity index (χ3v) is 1.66. The molecule has 1 unspecified atom stereocenters. The van der Waals surface area contributed by atoms with Gasteiger partial charge < -0.3 is 10.2 Å². The first kappa shape index (κ1) is 14.9. The van der Waals surface area contributed by atoms with Gasteiger partial charge in [0, 0.05) is 6.42 Å². The SMILES string of the molecule is O=C(O)C(O)CC(F)(C(F)(F)F)C(F)(F)F. The molecule has 1 atom stereocenters. The van der Waals surface area contributed by atoms with Crippen molar-refractivity contribution in [1.82, 2.24) is 0 Å². The van der Waals surface area contributed by atoms with E-state index < -0.39 is 36.5 Å². The Morgan fingerprint density at radius 2 is 1.31 bits per heavy atom. The first-order chi connectivity index (χ1) is 6.83. The van der Waals surface area contributed by atoms with Gasteiger partial charge >= 0.3 is 24.0 Å². The number of aliphatic hydroxyl groups excluding tert-OH is 1. The molecule has 3 nitrogen and oxygen atoms in total. The standard InChI is InChI=1S/C6H5F7O3/c7-4(5(8,9)10,6(11,12)13)1-2(14)3(15)16/h2,14H,1H2,(H,15,16). The molecule has 0 radical (unpaired) electrons. The Labute approximate surface area is 83.5 Å². The maximum absolute atomic E-state index is 12.7. The summed E-state index contributed by atoms with van der Waals surface area (Å²) in [5, 5.41) is 16.3. The zero-order valence-electron chi connectivity index (χ0n) is 7.23. The summed E-state index contributed by atoms with van der Waals surface area (Å²) in [6, 6.07) is 0. The molecule has 0 fully saturated rings. The fraction of sp³-hybridized carbons (Fsp3) is 0.833. The average Bonchev–Trinajstić information content (AvgIpc) is 1.99. The van der Waals surface area contributed by atoms with Crippen LogP contribution in [0.5, 0.6) is 0 Å². The normalized spacial score (nSPS) is 16.0. The van der Waals surface area contributed by atoms with Crippen molar-refractivity contribution in [1.29, 1.82) is 0 Å². The van der Waals surface area contributed by atoms with Crippen LogP contribution in [0, 0.1) is 0 Å². The summed E-state index contributed by atoms with van der Waals surface area (Å²) in [6.45, 7) is 0. The summed E-state index contributed by atoms with van der Waals surface area (Å²) < 4.78 is 83.7. The van der Waals surface area contributed by atoms with Gasteiger partial charge in [-0.05, 0) is 0 Å². The van der Waals surface area contributed by atoms with Gasteiger partial charge in [-0.3, -0.25) is 0 Å². The summed E-state index contributed by atoms with van der Waals surface area (Å²) >= 11 is 0. The van der Waals surface area contributed by atoms with Crippen LogP contribution in [0.25, 0.3) is 0 Å². The molecule has 0 bridgehead atoms.